The molecule has 3 rings (SSSR count). The van der Waals surface area contributed by atoms with Crippen molar-refractivity contribution in [3.63, 3.8) is 0 Å². The van der Waals surface area contributed by atoms with Gasteiger partial charge in [-0.25, -0.2) is 0 Å². The highest BCUT2D eigenvalue weighted by Crippen LogP contribution is 2.33. The fourth-order valence-electron chi connectivity index (χ4n) is 3.52. The Balaban J connectivity index is 1.84. The largest absolute Gasteiger partial charge is 0.481 e. The average molecular weight is 316 g/mol. The second kappa shape index (κ2) is 6.60. The number of benzene rings is 1. The van der Waals surface area contributed by atoms with Gasteiger partial charge < -0.3 is 10.5 Å². The number of hydrogen-bond acceptors (Lipinski definition) is 5. The Kier molecular flexibility index (Phi) is 4.54. The van der Waals surface area contributed by atoms with Crippen molar-refractivity contribution in [1.29, 1.82) is 0 Å². The van der Waals surface area contributed by atoms with Crippen LogP contribution in [0.3, 0.4) is 0 Å². The zero-order valence-corrected chi connectivity index (χ0v) is 13.6. The Morgan fingerprint density at radius 3 is 2.65 bits per heavy atom. The van der Waals surface area contributed by atoms with Crippen molar-refractivity contribution < 1.29 is 9.90 Å². The van der Waals surface area contributed by atoms with Crippen molar-refractivity contribution in [2.45, 2.75) is 38.4 Å². The molecule has 124 valence electrons. The maximum Gasteiger partial charge on any atom is 0.306 e. The lowest BCUT2D eigenvalue weighted by atomic mass is 9.85. The predicted octanol–water partition coefficient (Wildman–Crippen LogP) is 1.54. The molecule has 0 aromatic heterocycles. The Hall–Kier alpha value is -2.05. The zero-order valence-electron chi connectivity index (χ0n) is 13.6. The monoisotopic (exact) mass is 316 g/mol. The Morgan fingerprint density at radius 2 is 2.04 bits per heavy atom. The van der Waals surface area contributed by atoms with Crippen molar-refractivity contribution in [1.82, 2.24) is 20.9 Å². The van der Waals surface area contributed by atoms with Gasteiger partial charge in [0, 0.05) is 25.8 Å². The summed E-state index contributed by atoms with van der Waals surface area (Å²) in [6.45, 7) is 2.94. The number of hydrazine groups is 2. The van der Waals surface area contributed by atoms with E-state index in [-0.39, 0.29) is 18.0 Å². The Bertz CT molecular complexity index is 590. The number of aliphatic carboxylic acids is 1. The lowest BCUT2D eigenvalue weighted by Crippen LogP contribution is -2.51. The van der Waals surface area contributed by atoms with Gasteiger partial charge in [-0.05, 0) is 25.3 Å². The maximum atomic E-state index is 11.5. The van der Waals surface area contributed by atoms with E-state index in [0.717, 1.165) is 12.2 Å². The van der Waals surface area contributed by atoms with Gasteiger partial charge in [-0.3, -0.25) is 14.7 Å². The van der Waals surface area contributed by atoms with E-state index in [2.05, 4.69) is 34.9 Å². The SMILES string of the molecule is C[C@H]1CC(C(=O)O)C[C@@H](C2=CN(C)NN2)N1Cc1ccccc1. The molecule has 6 heteroatoms. The van der Waals surface area contributed by atoms with E-state index >= 15 is 0 Å². The van der Waals surface area contributed by atoms with E-state index in [1.165, 1.54) is 5.56 Å². The molecule has 0 radical (unpaired) electrons. The van der Waals surface area contributed by atoms with Crippen molar-refractivity contribution in [2.24, 2.45) is 5.92 Å². The van der Waals surface area contributed by atoms with Crippen molar-refractivity contribution in [3.05, 3.63) is 47.8 Å². The van der Waals surface area contributed by atoms with E-state index < -0.39 is 5.97 Å². The molecule has 2 aliphatic rings. The minimum absolute atomic E-state index is 0.0671. The molecule has 1 fully saturated rings. The summed E-state index contributed by atoms with van der Waals surface area (Å²) < 4.78 is 0. The highest BCUT2D eigenvalue weighted by atomic mass is 16.4. The normalized spacial score (nSPS) is 28.3. The zero-order chi connectivity index (χ0) is 16.4. The first-order valence-corrected chi connectivity index (χ1v) is 8.03. The van der Waals surface area contributed by atoms with Crippen molar-refractivity contribution >= 4 is 5.97 Å². The van der Waals surface area contributed by atoms with Crippen LogP contribution in [0.2, 0.25) is 0 Å². The molecule has 3 N–H and O–H groups in total. The van der Waals surface area contributed by atoms with Crippen LogP contribution in [-0.4, -0.2) is 40.1 Å². The molecule has 0 bridgehead atoms. The summed E-state index contributed by atoms with van der Waals surface area (Å²) >= 11 is 0. The second-order valence-electron chi connectivity index (χ2n) is 6.46. The van der Waals surface area contributed by atoms with Gasteiger partial charge in [0.2, 0.25) is 0 Å². The average Bonchev–Trinajstić information content (AvgIpc) is 2.96. The van der Waals surface area contributed by atoms with E-state index in [1.54, 1.807) is 0 Å². The molecule has 0 aliphatic carbocycles. The summed E-state index contributed by atoms with van der Waals surface area (Å²) in [7, 11) is 1.92. The number of carboxylic acid groups (broad SMARTS) is 1. The number of rotatable bonds is 4. The molecular weight excluding hydrogens is 292 g/mol. The maximum absolute atomic E-state index is 11.5. The van der Waals surface area contributed by atoms with E-state index in [9.17, 15) is 9.90 Å². The molecule has 3 atom stereocenters. The number of carbonyl (C=O) groups is 1. The molecule has 2 aliphatic heterocycles. The van der Waals surface area contributed by atoms with Crippen LogP contribution in [0.15, 0.2) is 42.2 Å². The number of hydrogen-bond donors (Lipinski definition) is 3. The van der Waals surface area contributed by atoms with Gasteiger partial charge in [0.1, 0.15) is 0 Å². The van der Waals surface area contributed by atoms with Gasteiger partial charge in [-0.15, -0.1) is 5.53 Å². The summed E-state index contributed by atoms with van der Waals surface area (Å²) in [6, 6.07) is 10.6. The van der Waals surface area contributed by atoms with Crippen LogP contribution in [-0.2, 0) is 11.3 Å². The third-order valence-electron chi connectivity index (χ3n) is 4.73. The highest BCUT2D eigenvalue weighted by Gasteiger charge is 2.39. The first-order valence-electron chi connectivity index (χ1n) is 8.03. The topological polar surface area (TPSA) is 67.8 Å². The molecule has 0 amide bonds. The van der Waals surface area contributed by atoms with Gasteiger partial charge in [0.15, 0.2) is 0 Å². The lowest BCUT2D eigenvalue weighted by molar-refractivity contribution is -0.144. The van der Waals surface area contributed by atoms with Crippen LogP contribution in [0.5, 0.6) is 0 Å². The standard InChI is InChI=1S/C17H24N4O2/c1-12-8-14(17(22)23)9-16(15-11-20(2)19-18-15)21(12)10-13-6-4-3-5-7-13/h3-7,11-12,14,16,18-19H,8-10H2,1-2H3,(H,22,23)/t12-,14?,16-/m0/s1. The van der Waals surface area contributed by atoms with Gasteiger partial charge in [0.25, 0.3) is 0 Å². The minimum atomic E-state index is -0.693. The molecule has 1 aromatic carbocycles. The minimum Gasteiger partial charge on any atom is -0.481 e. The summed E-state index contributed by atoms with van der Waals surface area (Å²) in [6.07, 6.45) is 3.32. The number of nitrogens with zero attached hydrogens (tertiary/aromatic N) is 2. The molecule has 0 spiro atoms. The molecule has 6 nitrogen and oxygen atoms in total. The molecule has 1 aromatic rings. The highest BCUT2D eigenvalue weighted by molar-refractivity contribution is 5.70. The van der Waals surface area contributed by atoms with E-state index in [0.29, 0.717) is 12.8 Å². The van der Waals surface area contributed by atoms with Gasteiger partial charge >= 0.3 is 5.97 Å². The molecule has 23 heavy (non-hydrogen) atoms. The number of piperidine rings is 1. The molecule has 1 unspecified atom stereocenters. The fourth-order valence-corrected chi connectivity index (χ4v) is 3.52. The summed E-state index contributed by atoms with van der Waals surface area (Å²) in [5.74, 6) is -0.989. The molecule has 2 heterocycles. The van der Waals surface area contributed by atoms with Crippen LogP contribution in [0.25, 0.3) is 0 Å². The van der Waals surface area contributed by atoms with E-state index in [4.69, 9.17) is 0 Å². The second-order valence-corrected chi connectivity index (χ2v) is 6.46. The van der Waals surface area contributed by atoms with Crippen LogP contribution in [0, 0.1) is 5.92 Å². The number of nitrogens with one attached hydrogen (secondary N) is 2. The van der Waals surface area contributed by atoms with Gasteiger partial charge in [-0.1, -0.05) is 30.3 Å². The first-order chi connectivity index (χ1) is 11.0. The Morgan fingerprint density at radius 1 is 1.30 bits per heavy atom. The molecular formula is C17H24N4O2. The smallest absolute Gasteiger partial charge is 0.306 e. The van der Waals surface area contributed by atoms with Crippen molar-refractivity contribution in [2.75, 3.05) is 7.05 Å². The summed E-state index contributed by atoms with van der Waals surface area (Å²) in [5.41, 5.74) is 8.48. The van der Waals surface area contributed by atoms with E-state index in [1.807, 2.05) is 36.5 Å². The summed E-state index contributed by atoms with van der Waals surface area (Å²) in [4.78, 5) is 13.9. The number of likely N-dealkylation sites (tertiary alicyclic amines) is 1. The summed E-state index contributed by atoms with van der Waals surface area (Å²) in [5, 5.41) is 11.3. The van der Waals surface area contributed by atoms with Crippen LogP contribution < -0.4 is 11.0 Å². The van der Waals surface area contributed by atoms with Gasteiger partial charge in [-0.2, -0.15) is 0 Å². The third kappa shape index (κ3) is 3.48. The van der Waals surface area contributed by atoms with Crippen LogP contribution >= 0.6 is 0 Å². The number of carboxylic acids is 1. The van der Waals surface area contributed by atoms with Crippen LogP contribution in [0.1, 0.15) is 25.3 Å². The fraction of sp³-hybridized carbons (Fsp3) is 0.471. The Labute approximate surface area is 136 Å². The third-order valence-corrected chi connectivity index (χ3v) is 4.73. The predicted molar refractivity (Wildman–Crippen MR) is 87.7 cm³/mol. The van der Waals surface area contributed by atoms with Crippen molar-refractivity contribution in [3.8, 4) is 0 Å². The molecule has 0 saturated carbocycles. The van der Waals surface area contributed by atoms with Crippen LogP contribution in [0.4, 0.5) is 0 Å². The molecule has 1 saturated heterocycles. The quantitative estimate of drug-likeness (QED) is 0.783. The van der Waals surface area contributed by atoms with Gasteiger partial charge in [0.05, 0.1) is 17.7 Å². The first kappa shape index (κ1) is 15.8. The lowest BCUT2D eigenvalue weighted by Gasteiger charge is -2.43.